The zero-order valence-electron chi connectivity index (χ0n) is 8.91. The maximum Gasteiger partial charge on any atom is 0.125 e. The molecule has 0 bridgehead atoms. The van der Waals surface area contributed by atoms with Crippen LogP contribution in [0.5, 0.6) is 5.75 Å². The topological polar surface area (TPSA) is 9.23 Å². The van der Waals surface area contributed by atoms with Crippen molar-refractivity contribution in [2.75, 3.05) is 7.11 Å². The minimum Gasteiger partial charge on any atom is -0.496 e. The average molecular weight is 308 g/mol. The number of methoxy groups -OCH3 is 1. The Morgan fingerprint density at radius 2 is 1.94 bits per heavy atom. The molecule has 1 unspecified atom stereocenters. The Bertz CT molecular complexity index is 524. The Balaban J connectivity index is 2.39. The van der Waals surface area contributed by atoms with Crippen molar-refractivity contribution < 1.29 is 4.74 Å². The summed E-state index contributed by atoms with van der Waals surface area (Å²) in [6.45, 7) is 0. The van der Waals surface area contributed by atoms with Crippen molar-refractivity contribution in [3.63, 3.8) is 0 Å². The van der Waals surface area contributed by atoms with Crippen LogP contribution in [0.2, 0.25) is 9.36 Å². The second kappa shape index (κ2) is 5.49. The van der Waals surface area contributed by atoms with Gasteiger partial charge in [0.05, 0.1) is 16.8 Å². The summed E-state index contributed by atoms with van der Waals surface area (Å²) in [4.78, 5) is 0.984. The minimum atomic E-state index is -0.278. The molecule has 0 spiro atoms. The lowest BCUT2D eigenvalue weighted by molar-refractivity contribution is 0.410. The van der Waals surface area contributed by atoms with E-state index < -0.39 is 0 Å². The van der Waals surface area contributed by atoms with E-state index >= 15 is 0 Å². The minimum absolute atomic E-state index is 0.278. The molecule has 2 rings (SSSR count). The zero-order valence-corrected chi connectivity index (χ0v) is 12.0. The molecule has 0 radical (unpaired) electrons. The third-order valence-corrected chi connectivity index (χ3v) is 4.44. The number of hydrogen-bond donors (Lipinski definition) is 0. The van der Waals surface area contributed by atoms with Crippen LogP contribution < -0.4 is 4.74 Å². The molecule has 1 atom stereocenters. The van der Waals surface area contributed by atoms with Gasteiger partial charge in [-0.2, -0.15) is 0 Å². The van der Waals surface area contributed by atoms with Gasteiger partial charge in [0.2, 0.25) is 0 Å². The van der Waals surface area contributed by atoms with Crippen molar-refractivity contribution >= 4 is 46.1 Å². The quantitative estimate of drug-likeness (QED) is 0.691. The van der Waals surface area contributed by atoms with Crippen LogP contribution in [-0.4, -0.2) is 7.11 Å². The molecule has 0 N–H and O–H groups in total. The van der Waals surface area contributed by atoms with E-state index in [1.165, 1.54) is 11.3 Å². The van der Waals surface area contributed by atoms with Crippen LogP contribution in [0.4, 0.5) is 0 Å². The van der Waals surface area contributed by atoms with Gasteiger partial charge in [-0.05, 0) is 24.3 Å². The number of halogens is 3. The van der Waals surface area contributed by atoms with Crippen molar-refractivity contribution in [1.82, 2.24) is 0 Å². The Hall–Kier alpha value is -0.410. The summed E-state index contributed by atoms with van der Waals surface area (Å²) in [7, 11) is 1.60. The molecular weight excluding hydrogens is 299 g/mol. The molecule has 1 aromatic heterocycles. The van der Waals surface area contributed by atoms with Gasteiger partial charge in [-0.25, -0.2) is 0 Å². The third kappa shape index (κ3) is 2.89. The number of rotatable bonds is 3. The van der Waals surface area contributed by atoms with Crippen LogP contribution in [0, 0.1) is 0 Å². The number of benzene rings is 1. The summed E-state index contributed by atoms with van der Waals surface area (Å²) in [5.41, 5.74) is 0.886. The highest BCUT2D eigenvalue weighted by atomic mass is 35.5. The molecule has 0 aliphatic heterocycles. The van der Waals surface area contributed by atoms with E-state index in [2.05, 4.69) is 0 Å². The molecule has 0 amide bonds. The predicted octanol–water partition coefficient (Wildman–Crippen LogP) is 5.39. The van der Waals surface area contributed by atoms with Crippen molar-refractivity contribution in [2.45, 2.75) is 5.38 Å². The van der Waals surface area contributed by atoms with Crippen LogP contribution in [0.1, 0.15) is 15.8 Å². The Morgan fingerprint density at radius 3 is 2.53 bits per heavy atom. The number of hydrogen-bond acceptors (Lipinski definition) is 2. The first-order chi connectivity index (χ1) is 8.11. The van der Waals surface area contributed by atoms with Crippen LogP contribution in [0.25, 0.3) is 0 Å². The molecule has 1 heterocycles. The fraction of sp³-hybridized carbons (Fsp3) is 0.167. The second-order valence-corrected chi connectivity index (χ2v) is 6.01. The van der Waals surface area contributed by atoms with Gasteiger partial charge in [0.25, 0.3) is 0 Å². The van der Waals surface area contributed by atoms with Gasteiger partial charge in [-0.15, -0.1) is 22.9 Å². The summed E-state index contributed by atoms with van der Waals surface area (Å²) in [5, 5.41) is 0.346. The first kappa shape index (κ1) is 13.0. The van der Waals surface area contributed by atoms with E-state index in [4.69, 9.17) is 39.5 Å². The predicted molar refractivity (Wildman–Crippen MR) is 75.0 cm³/mol. The van der Waals surface area contributed by atoms with E-state index in [-0.39, 0.29) is 5.38 Å². The lowest BCUT2D eigenvalue weighted by Crippen LogP contribution is -1.95. The number of thiophene rings is 1. The van der Waals surface area contributed by atoms with Crippen molar-refractivity contribution in [3.8, 4) is 5.75 Å². The Morgan fingerprint density at radius 1 is 1.18 bits per heavy atom. The zero-order chi connectivity index (χ0) is 12.4. The summed E-state index contributed by atoms with van der Waals surface area (Å²) >= 11 is 19.7. The van der Waals surface area contributed by atoms with Gasteiger partial charge in [-0.3, -0.25) is 0 Å². The molecule has 0 fully saturated rings. The van der Waals surface area contributed by atoms with Gasteiger partial charge < -0.3 is 4.74 Å². The number of ether oxygens (including phenoxy) is 1. The maximum atomic E-state index is 6.41. The molecule has 90 valence electrons. The fourth-order valence-corrected chi connectivity index (χ4v) is 3.12. The summed E-state index contributed by atoms with van der Waals surface area (Å²) < 4.78 is 6.00. The lowest BCUT2D eigenvalue weighted by Gasteiger charge is -2.12. The largest absolute Gasteiger partial charge is 0.496 e. The normalized spacial score (nSPS) is 12.5. The number of alkyl halides is 1. The first-order valence-corrected chi connectivity index (χ1v) is 6.85. The van der Waals surface area contributed by atoms with Crippen LogP contribution in [0.15, 0.2) is 30.3 Å². The highest BCUT2D eigenvalue weighted by Crippen LogP contribution is 2.40. The molecule has 1 nitrogen and oxygen atoms in total. The van der Waals surface area contributed by atoms with E-state index in [1.807, 2.05) is 18.2 Å². The molecule has 2 aromatic rings. The maximum absolute atomic E-state index is 6.41. The van der Waals surface area contributed by atoms with Crippen LogP contribution >= 0.6 is 46.1 Å². The van der Waals surface area contributed by atoms with Crippen molar-refractivity contribution in [2.24, 2.45) is 0 Å². The summed E-state index contributed by atoms with van der Waals surface area (Å²) in [5.74, 6) is 0.682. The fourth-order valence-electron chi connectivity index (χ4n) is 1.51. The van der Waals surface area contributed by atoms with Gasteiger partial charge in [0.15, 0.2) is 0 Å². The Kier molecular flexibility index (Phi) is 4.21. The standard InChI is InChI=1S/C12H9Cl3OS/c1-16-9-6-7(13)2-3-8(9)12(15)10-4-5-11(14)17-10/h2-6,12H,1H3. The average Bonchev–Trinajstić information content (AvgIpc) is 2.75. The van der Waals surface area contributed by atoms with Crippen molar-refractivity contribution in [1.29, 1.82) is 0 Å². The van der Waals surface area contributed by atoms with Gasteiger partial charge >= 0.3 is 0 Å². The van der Waals surface area contributed by atoms with Gasteiger partial charge in [-0.1, -0.05) is 29.3 Å². The van der Waals surface area contributed by atoms with E-state index in [0.29, 0.717) is 10.8 Å². The molecule has 5 heteroatoms. The van der Waals surface area contributed by atoms with E-state index in [9.17, 15) is 0 Å². The van der Waals surface area contributed by atoms with E-state index in [1.54, 1.807) is 19.2 Å². The van der Waals surface area contributed by atoms with Gasteiger partial charge in [0, 0.05) is 15.5 Å². The lowest BCUT2D eigenvalue weighted by atomic mass is 10.1. The summed E-state index contributed by atoms with van der Waals surface area (Å²) in [6.07, 6.45) is 0. The van der Waals surface area contributed by atoms with Crippen LogP contribution in [0.3, 0.4) is 0 Å². The molecule has 17 heavy (non-hydrogen) atoms. The third-order valence-electron chi connectivity index (χ3n) is 2.31. The van der Waals surface area contributed by atoms with Crippen molar-refractivity contribution in [3.05, 3.63) is 50.1 Å². The smallest absolute Gasteiger partial charge is 0.125 e. The Labute approximate surface area is 119 Å². The molecule has 1 aromatic carbocycles. The van der Waals surface area contributed by atoms with E-state index in [0.717, 1.165) is 14.8 Å². The highest BCUT2D eigenvalue weighted by Gasteiger charge is 2.17. The highest BCUT2D eigenvalue weighted by molar-refractivity contribution is 7.16. The molecule has 0 saturated carbocycles. The first-order valence-electron chi connectivity index (χ1n) is 4.84. The monoisotopic (exact) mass is 306 g/mol. The molecule has 0 saturated heterocycles. The molecule has 0 aliphatic carbocycles. The van der Waals surface area contributed by atoms with Gasteiger partial charge in [0.1, 0.15) is 5.75 Å². The summed E-state index contributed by atoms with van der Waals surface area (Å²) in [6, 6.07) is 9.16. The molecular formula is C12H9Cl3OS. The molecule has 0 aliphatic rings. The van der Waals surface area contributed by atoms with Crippen LogP contribution in [-0.2, 0) is 0 Å². The second-order valence-electron chi connectivity index (χ2n) is 3.39. The SMILES string of the molecule is COc1cc(Cl)ccc1C(Cl)c1ccc(Cl)s1.